The molecule has 1 fully saturated rings. The molecule has 2 N–H and O–H groups in total. The zero-order valence-corrected chi connectivity index (χ0v) is 19.2. The summed E-state index contributed by atoms with van der Waals surface area (Å²) in [4.78, 5) is 7.28. The number of halogens is 1. The second-order valence-electron chi connectivity index (χ2n) is 6.95. The number of hydrogen-bond donors (Lipinski definition) is 2. The molecule has 1 aromatic rings. The summed E-state index contributed by atoms with van der Waals surface area (Å²) < 4.78 is 10.5. The van der Waals surface area contributed by atoms with E-state index in [0.29, 0.717) is 6.04 Å². The molecule has 0 aromatic carbocycles. The topological polar surface area (TPSA) is 62.0 Å². The summed E-state index contributed by atoms with van der Waals surface area (Å²) in [6.45, 7) is 8.20. The minimum Gasteiger partial charge on any atom is -0.469 e. The van der Waals surface area contributed by atoms with Crippen LogP contribution in [-0.2, 0) is 11.2 Å². The summed E-state index contributed by atoms with van der Waals surface area (Å²) in [5.74, 6) is 1.96. The molecule has 0 amide bonds. The van der Waals surface area contributed by atoms with Crippen LogP contribution in [0.2, 0.25) is 0 Å². The fourth-order valence-electron chi connectivity index (χ4n) is 3.19. The number of rotatable bonds is 11. The van der Waals surface area contributed by atoms with Crippen LogP contribution in [0.25, 0.3) is 0 Å². The van der Waals surface area contributed by atoms with Crippen molar-refractivity contribution in [1.29, 1.82) is 0 Å². The molecule has 2 rings (SSSR count). The Morgan fingerprint density at radius 1 is 1.33 bits per heavy atom. The molecule has 6 nitrogen and oxygen atoms in total. The lowest BCUT2D eigenvalue weighted by Gasteiger charge is -2.33. The summed E-state index contributed by atoms with van der Waals surface area (Å²) in [7, 11) is 1.77. The Morgan fingerprint density at radius 2 is 2.15 bits per heavy atom. The third-order valence-corrected chi connectivity index (χ3v) is 4.78. The average Bonchev–Trinajstić information content (AvgIpc) is 3.17. The molecular weight excluding hydrogens is 455 g/mol. The predicted molar refractivity (Wildman–Crippen MR) is 122 cm³/mol. The van der Waals surface area contributed by atoms with Crippen molar-refractivity contribution < 1.29 is 9.15 Å². The number of hydrogen-bond acceptors (Lipinski definition) is 4. The molecule has 0 saturated carbocycles. The Labute approximate surface area is 181 Å². The summed E-state index contributed by atoms with van der Waals surface area (Å²) in [5, 5.41) is 7.11. The first-order valence-corrected chi connectivity index (χ1v) is 10.1. The highest BCUT2D eigenvalue weighted by atomic mass is 127. The maximum Gasteiger partial charge on any atom is 0.191 e. The van der Waals surface area contributed by atoms with E-state index < -0.39 is 0 Å². The second-order valence-corrected chi connectivity index (χ2v) is 6.95. The molecule has 27 heavy (non-hydrogen) atoms. The quantitative estimate of drug-likeness (QED) is 0.215. The van der Waals surface area contributed by atoms with E-state index in [1.54, 1.807) is 13.4 Å². The van der Waals surface area contributed by atoms with Crippen molar-refractivity contribution in [2.45, 2.75) is 51.5 Å². The number of piperidine rings is 1. The first-order valence-electron chi connectivity index (χ1n) is 10.1. The molecule has 1 saturated heterocycles. The van der Waals surface area contributed by atoms with Gasteiger partial charge < -0.3 is 24.7 Å². The monoisotopic (exact) mass is 492 g/mol. The molecule has 0 bridgehead atoms. The van der Waals surface area contributed by atoms with Crippen LogP contribution < -0.4 is 10.6 Å². The molecule has 0 spiro atoms. The number of nitrogens with zero attached hydrogens (tertiary/aromatic N) is 2. The van der Waals surface area contributed by atoms with Gasteiger partial charge in [0.1, 0.15) is 5.76 Å². The number of likely N-dealkylation sites (tertiary alicyclic amines) is 1. The smallest absolute Gasteiger partial charge is 0.191 e. The van der Waals surface area contributed by atoms with E-state index in [1.807, 2.05) is 12.1 Å². The standard InChI is InChI=1S/C20H36N4O2.HI/c1-3-4-11-21-20(22-12-8-19-7-5-17-26-19)23-18-9-14-24(15-10-18)13-6-16-25-2;/h5,7,17-18H,3-4,6,8-16H2,1-2H3,(H2,21,22,23);1H. The van der Waals surface area contributed by atoms with Crippen LogP contribution in [0.1, 0.15) is 44.8 Å². The SMILES string of the molecule is CCCCN=C(NCCc1ccco1)NC1CCN(CCCOC)CC1.I. The summed E-state index contributed by atoms with van der Waals surface area (Å²) in [5.41, 5.74) is 0. The Bertz CT molecular complexity index is 488. The summed E-state index contributed by atoms with van der Waals surface area (Å²) in [6.07, 6.45) is 8.35. The molecule has 156 valence electrons. The van der Waals surface area contributed by atoms with Crippen LogP contribution in [0.3, 0.4) is 0 Å². The average molecular weight is 492 g/mol. The zero-order valence-electron chi connectivity index (χ0n) is 16.9. The molecule has 2 heterocycles. The van der Waals surface area contributed by atoms with Crippen LogP contribution in [0, 0.1) is 0 Å². The predicted octanol–water partition coefficient (Wildman–Crippen LogP) is 3.28. The third kappa shape index (κ3) is 10.4. The van der Waals surface area contributed by atoms with Crippen molar-refractivity contribution in [3.05, 3.63) is 24.2 Å². The highest BCUT2D eigenvalue weighted by Gasteiger charge is 2.19. The van der Waals surface area contributed by atoms with Crippen molar-refractivity contribution in [1.82, 2.24) is 15.5 Å². The number of ether oxygens (including phenoxy) is 1. The molecule has 0 atom stereocenters. The van der Waals surface area contributed by atoms with E-state index >= 15 is 0 Å². The summed E-state index contributed by atoms with van der Waals surface area (Å²) >= 11 is 0. The maximum absolute atomic E-state index is 5.40. The highest BCUT2D eigenvalue weighted by molar-refractivity contribution is 14.0. The highest BCUT2D eigenvalue weighted by Crippen LogP contribution is 2.10. The Balaban J connectivity index is 0.00000364. The van der Waals surface area contributed by atoms with Crippen molar-refractivity contribution in [2.75, 3.05) is 46.4 Å². The Morgan fingerprint density at radius 3 is 2.81 bits per heavy atom. The first kappa shape index (κ1) is 24.2. The van der Waals surface area contributed by atoms with Crippen LogP contribution in [0.5, 0.6) is 0 Å². The van der Waals surface area contributed by atoms with Gasteiger partial charge in [-0.3, -0.25) is 4.99 Å². The largest absolute Gasteiger partial charge is 0.469 e. The molecule has 0 aliphatic carbocycles. The van der Waals surface area contributed by atoms with Crippen molar-refractivity contribution in [2.24, 2.45) is 4.99 Å². The van der Waals surface area contributed by atoms with Gasteiger partial charge in [-0.2, -0.15) is 0 Å². The lowest BCUT2D eigenvalue weighted by Crippen LogP contribution is -2.49. The van der Waals surface area contributed by atoms with E-state index in [0.717, 1.165) is 70.3 Å². The minimum absolute atomic E-state index is 0. The van der Waals surface area contributed by atoms with E-state index in [2.05, 4.69) is 22.5 Å². The minimum atomic E-state index is 0. The number of nitrogens with one attached hydrogen (secondary N) is 2. The molecule has 1 aliphatic heterocycles. The third-order valence-electron chi connectivity index (χ3n) is 4.78. The molecule has 1 aliphatic rings. The molecule has 0 radical (unpaired) electrons. The van der Waals surface area contributed by atoms with Crippen LogP contribution in [0.4, 0.5) is 0 Å². The van der Waals surface area contributed by atoms with Crippen LogP contribution in [-0.4, -0.2) is 63.3 Å². The Kier molecular flexibility index (Phi) is 13.6. The number of furan rings is 1. The van der Waals surface area contributed by atoms with Gasteiger partial charge in [0.05, 0.1) is 6.26 Å². The van der Waals surface area contributed by atoms with E-state index in [1.165, 1.54) is 19.3 Å². The maximum atomic E-state index is 5.40. The number of aliphatic imine (C=N–C) groups is 1. The van der Waals surface area contributed by atoms with Gasteiger partial charge in [0.2, 0.25) is 0 Å². The molecule has 1 aromatic heterocycles. The summed E-state index contributed by atoms with van der Waals surface area (Å²) in [6, 6.07) is 4.46. The van der Waals surface area contributed by atoms with Gasteiger partial charge in [-0.1, -0.05) is 13.3 Å². The fourth-order valence-corrected chi connectivity index (χ4v) is 3.19. The van der Waals surface area contributed by atoms with Gasteiger partial charge in [-0.15, -0.1) is 24.0 Å². The van der Waals surface area contributed by atoms with Crippen molar-refractivity contribution >= 4 is 29.9 Å². The van der Waals surface area contributed by atoms with Crippen molar-refractivity contribution in [3.8, 4) is 0 Å². The van der Waals surface area contributed by atoms with E-state index in [-0.39, 0.29) is 24.0 Å². The molecule has 0 unspecified atom stereocenters. The lowest BCUT2D eigenvalue weighted by molar-refractivity contribution is 0.155. The zero-order chi connectivity index (χ0) is 18.5. The van der Waals surface area contributed by atoms with E-state index in [9.17, 15) is 0 Å². The Hall–Kier alpha value is -0.800. The molecular formula is C20H37IN4O2. The normalized spacial score (nSPS) is 16.1. The van der Waals surface area contributed by atoms with Gasteiger partial charge in [-0.05, 0) is 37.8 Å². The van der Waals surface area contributed by atoms with Gasteiger partial charge in [0, 0.05) is 58.9 Å². The number of unbranched alkanes of at least 4 members (excludes halogenated alkanes) is 1. The van der Waals surface area contributed by atoms with Gasteiger partial charge in [0.25, 0.3) is 0 Å². The van der Waals surface area contributed by atoms with Crippen LogP contribution >= 0.6 is 24.0 Å². The van der Waals surface area contributed by atoms with Crippen LogP contribution in [0.15, 0.2) is 27.8 Å². The van der Waals surface area contributed by atoms with Gasteiger partial charge in [-0.25, -0.2) is 0 Å². The number of guanidine groups is 1. The van der Waals surface area contributed by atoms with E-state index in [4.69, 9.17) is 14.1 Å². The second kappa shape index (κ2) is 15.2. The lowest BCUT2D eigenvalue weighted by atomic mass is 10.1. The first-order chi connectivity index (χ1) is 12.8. The molecule has 7 heteroatoms. The fraction of sp³-hybridized carbons (Fsp3) is 0.750. The van der Waals surface area contributed by atoms with Crippen molar-refractivity contribution in [3.63, 3.8) is 0 Å². The van der Waals surface area contributed by atoms with Gasteiger partial charge in [0.15, 0.2) is 5.96 Å². The van der Waals surface area contributed by atoms with Gasteiger partial charge >= 0.3 is 0 Å². The number of methoxy groups -OCH3 is 1.